The number of fused-ring (bicyclic) bond motifs is 1. The van der Waals surface area contributed by atoms with E-state index in [1.807, 2.05) is 0 Å². The number of amides is 1. The number of rotatable bonds is 5. The van der Waals surface area contributed by atoms with Crippen LogP contribution in [-0.4, -0.2) is 49.0 Å². The van der Waals surface area contributed by atoms with Gasteiger partial charge in [-0.05, 0) is 36.4 Å². The lowest BCUT2D eigenvalue weighted by Crippen LogP contribution is -2.65. The number of sulfonamides is 1. The number of methoxy groups -OCH3 is 1. The molecule has 0 saturated heterocycles. The first-order valence-electron chi connectivity index (χ1n) is 9.70. The first kappa shape index (κ1) is 21.6. The Hall–Kier alpha value is -3.63. The first-order valence-corrected chi connectivity index (χ1v) is 11.1. The number of quaternary nitrogens is 1. The predicted molar refractivity (Wildman–Crippen MR) is 114 cm³/mol. The topological polar surface area (TPSA) is 123 Å². The summed E-state index contributed by atoms with van der Waals surface area (Å²) in [5.41, 5.74) is 1.04. The van der Waals surface area contributed by atoms with Crippen molar-refractivity contribution < 1.29 is 36.2 Å². The molecule has 1 aromatic heterocycles. The highest BCUT2D eigenvalue weighted by atomic mass is 32.2. The fourth-order valence-corrected chi connectivity index (χ4v) is 5.92. The molecule has 166 valence electrons. The molecule has 3 aromatic rings. The van der Waals surface area contributed by atoms with Crippen LogP contribution in [0.25, 0.3) is 0 Å². The number of benzene rings is 2. The van der Waals surface area contributed by atoms with Crippen molar-refractivity contribution in [3.8, 4) is 5.75 Å². The Morgan fingerprint density at radius 2 is 1.84 bits per heavy atom. The summed E-state index contributed by atoms with van der Waals surface area (Å²) in [7, 11) is -3.12. The minimum absolute atomic E-state index is 0.0345. The highest BCUT2D eigenvalue weighted by Crippen LogP contribution is 2.38. The van der Waals surface area contributed by atoms with Gasteiger partial charge < -0.3 is 19.6 Å². The number of nitrogens with one attached hydrogen (secondary N) is 1. The maximum absolute atomic E-state index is 14.1. The van der Waals surface area contributed by atoms with Gasteiger partial charge >= 0.3 is 21.9 Å². The smallest absolute Gasteiger partial charge is 0.366 e. The zero-order chi connectivity index (χ0) is 22.9. The molecule has 1 aliphatic rings. The molecule has 0 fully saturated rings. The summed E-state index contributed by atoms with van der Waals surface area (Å²) >= 11 is 0. The predicted octanol–water partition coefficient (Wildman–Crippen LogP) is 2.71. The molecular weight excluding hydrogens is 436 g/mol. The van der Waals surface area contributed by atoms with Gasteiger partial charge in [-0.3, -0.25) is 0 Å². The fourth-order valence-electron chi connectivity index (χ4n) is 3.93. The number of carbonyl (C=O) groups excluding carboxylic acids is 1. The summed E-state index contributed by atoms with van der Waals surface area (Å²) < 4.78 is 37.0. The number of aliphatic carboxylic acids is 1. The molecule has 1 aliphatic heterocycles. The second-order valence-corrected chi connectivity index (χ2v) is 9.39. The Kier molecular flexibility index (Phi) is 5.49. The Balaban J connectivity index is 2.01. The van der Waals surface area contributed by atoms with E-state index in [0.29, 0.717) is 17.0 Å². The molecule has 0 bridgehead atoms. The van der Waals surface area contributed by atoms with Gasteiger partial charge in [0.25, 0.3) is 0 Å². The molecule has 0 aliphatic carbocycles. The second-order valence-electron chi connectivity index (χ2n) is 7.31. The number of ether oxygens (including phenoxy) is 1. The Bertz CT molecular complexity index is 1250. The third kappa shape index (κ3) is 3.33. The molecule has 2 unspecified atom stereocenters. The number of furan rings is 1. The SMILES string of the molecule is COc1ccc(S(=O)(=O)[N+]2(C(=O)c3ccoc3)Cc3ccccc3NCC2C(=O)O)cc1. The van der Waals surface area contributed by atoms with Crippen molar-refractivity contribution in [1.29, 1.82) is 0 Å². The summed E-state index contributed by atoms with van der Waals surface area (Å²) in [5.74, 6) is -1.88. The van der Waals surface area contributed by atoms with Crippen molar-refractivity contribution in [3.05, 3.63) is 78.3 Å². The van der Waals surface area contributed by atoms with Crippen molar-refractivity contribution in [1.82, 2.24) is 0 Å². The van der Waals surface area contributed by atoms with E-state index in [1.165, 1.54) is 43.7 Å². The van der Waals surface area contributed by atoms with Crippen LogP contribution in [0.2, 0.25) is 0 Å². The third-order valence-electron chi connectivity index (χ3n) is 5.60. The number of carbonyl (C=O) groups is 2. The molecule has 0 spiro atoms. The molecule has 0 radical (unpaired) electrons. The van der Waals surface area contributed by atoms with E-state index >= 15 is 0 Å². The van der Waals surface area contributed by atoms with Crippen LogP contribution in [0.5, 0.6) is 5.75 Å². The Morgan fingerprint density at radius 3 is 2.47 bits per heavy atom. The number of nitrogens with zero attached hydrogens (tertiary/aromatic N) is 1. The van der Waals surface area contributed by atoms with E-state index in [-0.39, 0.29) is 23.5 Å². The van der Waals surface area contributed by atoms with Crippen molar-refractivity contribution in [2.45, 2.75) is 17.5 Å². The van der Waals surface area contributed by atoms with Crippen LogP contribution in [0.15, 0.2) is 76.4 Å². The van der Waals surface area contributed by atoms with Crippen LogP contribution in [0.1, 0.15) is 15.9 Å². The Labute approximate surface area is 184 Å². The lowest BCUT2D eigenvalue weighted by molar-refractivity contribution is -0.752. The number of anilines is 1. The summed E-state index contributed by atoms with van der Waals surface area (Å²) in [4.78, 5) is 26.0. The van der Waals surface area contributed by atoms with Crippen LogP contribution in [0.4, 0.5) is 5.69 Å². The molecule has 32 heavy (non-hydrogen) atoms. The maximum Gasteiger partial charge on any atom is 0.366 e. The number of para-hydroxylation sites is 1. The summed E-state index contributed by atoms with van der Waals surface area (Å²) in [6.45, 7) is -0.649. The molecular formula is C22H21N2O7S+. The van der Waals surface area contributed by atoms with E-state index in [1.54, 1.807) is 24.3 Å². The van der Waals surface area contributed by atoms with Crippen molar-refractivity contribution in [3.63, 3.8) is 0 Å². The number of carboxylic acid groups (broad SMARTS) is 1. The van der Waals surface area contributed by atoms with Gasteiger partial charge in [-0.2, -0.15) is 8.42 Å². The lowest BCUT2D eigenvalue weighted by atomic mass is 10.1. The standard InChI is InChI=1S/C22H20N2O7S/c1-30-17-6-8-18(9-7-17)32(28,29)24(21(25)16-10-11-31-14-16)13-15-4-2-3-5-19(15)23-12-20(24)22(26)27/h2-11,14,20,23H,12-13H2,1H3/p+1. The van der Waals surface area contributed by atoms with E-state index < -0.39 is 31.8 Å². The monoisotopic (exact) mass is 457 g/mol. The van der Waals surface area contributed by atoms with Gasteiger partial charge in [0.2, 0.25) is 6.04 Å². The first-order chi connectivity index (χ1) is 15.3. The lowest BCUT2D eigenvalue weighted by Gasteiger charge is -2.37. The zero-order valence-electron chi connectivity index (χ0n) is 17.1. The normalized spacial score (nSPS) is 20.5. The molecule has 2 aromatic carbocycles. The average Bonchev–Trinajstić information content (AvgIpc) is 3.26. The zero-order valence-corrected chi connectivity index (χ0v) is 17.9. The third-order valence-corrected chi connectivity index (χ3v) is 7.87. The summed E-state index contributed by atoms with van der Waals surface area (Å²) in [6.07, 6.45) is 2.36. The van der Waals surface area contributed by atoms with Gasteiger partial charge in [0.1, 0.15) is 29.0 Å². The van der Waals surface area contributed by atoms with Crippen LogP contribution in [-0.2, 0) is 21.4 Å². The minimum Gasteiger partial charge on any atom is -0.497 e. The highest BCUT2D eigenvalue weighted by Gasteiger charge is 2.60. The summed E-state index contributed by atoms with van der Waals surface area (Å²) in [5, 5.41) is 13.1. The van der Waals surface area contributed by atoms with Gasteiger partial charge in [0, 0.05) is 11.3 Å². The highest BCUT2D eigenvalue weighted by molar-refractivity contribution is 7.86. The average molecular weight is 457 g/mol. The largest absolute Gasteiger partial charge is 0.497 e. The fraction of sp³-hybridized carbons (Fsp3) is 0.182. The molecule has 0 saturated carbocycles. The second kappa shape index (κ2) is 8.13. The van der Waals surface area contributed by atoms with Gasteiger partial charge in [-0.15, -0.1) is 3.89 Å². The molecule has 2 atom stereocenters. The molecule has 4 rings (SSSR count). The van der Waals surface area contributed by atoms with Crippen LogP contribution < -0.4 is 10.1 Å². The Morgan fingerprint density at radius 1 is 1.12 bits per heavy atom. The number of hydrogen-bond donors (Lipinski definition) is 2. The van der Waals surface area contributed by atoms with Crippen LogP contribution in [0.3, 0.4) is 0 Å². The van der Waals surface area contributed by atoms with Crippen LogP contribution >= 0.6 is 0 Å². The quantitative estimate of drug-likeness (QED) is 0.561. The molecule has 2 N–H and O–H groups in total. The van der Waals surface area contributed by atoms with Gasteiger partial charge in [-0.25, -0.2) is 9.59 Å². The number of carboxylic acids is 1. The van der Waals surface area contributed by atoms with Gasteiger partial charge in [0.05, 0.1) is 19.9 Å². The minimum atomic E-state index is -4.56. The van der Waals surface area contributed by atoms with Gasteiger partial charge in [-0.1, -0.05) is 18.2 Å². The number of hydrogen-bond acceptors (Lipinski definition) is 7. The summed E-state index contributed by atoms with van der Waals surface area (Å²) in [6, 6.07) is 12.1. The van der Waals surface area contributed by atoms with Crippen molar-refractivity contribution in [2.24, 2.45) is 0 Å². The van der Waals surface area contributed by atoms with E-state index in [2.05, 4.69) is 5.32 Å². The maximum atomic E-state index is 14.1. The van der Waals surface area contributed by atoms with Crippen LogP contribution in [0, 0.1) is 0 Å². The molecule has 9 nitrogen and oxygen atoms in total. The van der Waals surface area contributed by atoms with E-state index in [0.717, 1.165) is 6.26 Å². The van der Waals surface area contributed by atoms with E-state index in [9.17, 15) is 23.1 Å². The van der Waals surface area contributed by atoms with Crippen molar-refractivity contribution in [2.75, 3.05) is 19.0 Å². The molecule has 10 heteroatoms. The van der Waals surface area contributed by atoms with Crippen molar-refractivity contribution >= 4 is 27.6 Å². The van der Waals surface area contributed by atoms with E-state index in [4.69, 9.17) is 9.15 Å². The van der Waals surface area contributed by atoms with Gasteiger partial charge in [0.15, 0.2) is 0 Å². The molecule has 1 amide bonds. The molecule has 2 heterocycles.